The Morgan fingerprint density at radius 2 is 1.73 bits per heavy atom. The first-order valence-electron chi connectivity index (χ1n) is 10.1. The van der Waals surface area contributed by atoms with Crippen LogP contribution in [0.25, 0.3) is 0 Å². The number of carbonyl (C=O) groups is 2. The van der Waals surface area contributed by atoms with Crippen LogP contribution in [-0.2, 0) is 4.79 Å². The fourth-order valence-electron chi connectivity index (χ4n) is 4.16. The van der Waals surface area contributed by atoms with Crippen molar-refractivity contribution in [2.75, 3.05) is 44.2 Å². The Hall–Kier alpha value is -3.36. The number of furan rings is 1. The van der Waals surface area contributed by atoms with Gasteiger partial charge in [-0.25, -0.2) is 0 Å². The molecule has 2 fully saturated rings. The Kier molecular flexibility index (Phi) is 5.69. The van der Waals surface area contributed by atoms with Crippen molar-refractivity contribution in [3.05, 3.63) is 58.5 Å². The summed E-state index contributed by atoms with van der Waals surface area (Å²) in [5.41, 5.74) is 1.50. The Bertz CT molecular complexity index is 904. The van der Waals surface area contributed by atoms with Crippen LogP contribution in [-0.4, -0.2) is 65.8 Å². The monoisotopic (exact) mass is 412 g/mol. The Labute approximate surface area is 174 Å². The summed E-state index contributed by atoms with van der Waals surface area (Å²) in [6.07, 6.45) is 4.51. The van der Waals surface area contributed by atoms with Crippen LogP contribution in [0.1, 0.15) is 23.2 Å². The summed E-state index contributed by atoms with van der Waals surface area (Å²) in [5, 5.41) is 10.8. The number of hydrogen-bond donors (Lipinski definition) is 0. The number of benzene rings is 1. The highest BCUT2D eigenvalue weighted by Crippen LogP contribution is 2.24. The van der Waals surface area contributed by atoms with Crippen LogP contribution in [0.2, 0.25) is 0 Å². The van der Waals surface area contributed by atoms with Crippen LogP contribution in [0.4, 0.5) is 11.4 Å². The van der Waals surface area contributed by atoms with Crippen molar-refractivity contribution >= 4 is 23.2 Å². The van der Waals surface area contributed by atoms with E-state index in [0.29, 0.717) is 44.8 Å². The van der Waals surface area contributed by atoms with E-state index in [2.05, 4.69) is 4.90 Å². The van der Waals surface area contributed by atoms with Crippen molar-refractivity contribution in [3.63, 3.8) is 0 Å². The Morgan fingerprint density at radius 3 is 2.37 bits per heavy atom. The standard InChI is InChI=1S/C21H24N4O5/c26-20(16-2-1-8-24(14-16)21(27)17-7-13-30-15-17)23-11-9-22(10-12-23)18-3-5-19(6-4-18)25(28)29/h3-7,13,15-16H,1-2,8-12,14H2/t16-/m0/s1. The molecule has 0 aliphatic carbocycles. The lowest BCUT2D eigenvalue weighted by molar-refractivity contribution is -0.384. The first-order chi connectivity index (χ1) is 14.5. The summed E-state index contributed by atoms with van der Waals surface area (Å²) in [6.45, 7) is 3.64. The number of nitro benzene ring substituents is 1. The topological polar surface area (TPSA) is 100 Å². The van der Waals surface area contributed by atoms with Gasteiger partial charge in [-0.15, -0.1) is 0 Å². The SMILES string of the molecule is O=C(c1ccoc1)N1CCC[C@H](C(=O)N2CCN(c3ccc([N+](=O)[O-])cc3)CC2)C1. The molecule has 1 aromatic heterocycles. The van der Waals surface area contributed by atoms with E-state index in [9.17, 15) is 19.7 Å². The maximum Gasteiger partial charge on any atom is 0.269 e. The van der Waals surface area contributed by atoms with Crippen molar-refractivity contribution in [1.82, 2.24) is 9.80 Å². The second-order valence-electron chi connectivity index (χ2n) is 7.69. The fraction of sp³-hybridized carbons (Fsp3) is 0.429. The Morgan fingerprint density at radius 1 is 1.00 bits per heavy atom. The van der Waals surface area contributed by atoms with Gasteiger partial charge in [0.2, 0.25) is 5.91 Å². The summed E-state index contributed by atoms with van der Waals surface area (Å²) in [7, 11) is 0. The third kappa shape index (κ3) is 4.14. The second-order valence-corrected chi connectivity index (χ2v) is 7.69. The van der Waals surface area contributed by atoms with E-state index in [1.165, 1.54) is 24.7 Å². The molecular formula is C21H24N4O5. The predicted molar refractivity (Wildman–Crippen MR) is 109 cm³/mol. The van der Waals surface area contributed by atoms with Crippen molar-refractivity contribution in [2.45, 2.75) is 12.8 Å². The number of amides is 2. The summed E-state index contributed by atoms with van der Waals surface area (Å²) in [5.74, 6) is -0.173. The number of nitrogens with zero attached hydrogens (tertiary/aromatic N) is 4. The van der Waals surface area contributed by atoms with Crippen molar-refractivity contribution in [3.8, 4) is 0 Å². The zero-order valence-corrected chi connectivity index (χ0v) is 16.6. The van der Waals surface area contributed by atoms with Crippen LogP contribution in [0.3, 0.4) is 0 Å². The van der Waals surface area contributed by atoms with Gasteiger partial charge in [0.05, 0.1) is 22.7 Å². The van der Waals surface area contributed by atoms with Crippen LogP contribution in [0.15, 0.2) is 47.3 Å². The van der Waals surface area contributed by atoms with Gasteiger partial charge in [0.25, 0.3) is 11.6 Å². The number of anilines is 1. The lowest BCUT2D eigenvalue weighted by Gasteiger charge is -2.39. The number of rotatable bonds is 4. The molecule has 9 nitrogen and oxygen atoms in total. The molecule has 2 aliphatic rings. The van der Waals surface area contributed by atoms with Crippen molar-refractivity contribution in [2.24, 2.45) is 5.92 Å². The fourth-order valence-corrected chi connectivity index (χ4v) is 4.16. The summed E-state index contributed by atoms with van der Waals surface area (Å²) in [6, 6.07) is 8.14. The van der Waals surface area contributed by atoms with Crippen LogP contribution < -0.4 is 4.90 Å². The van der Waals surface area contributed by atoms with Crippen LogP contribution in [0.5, 0.6) is 0 Å². The van der Waals surface area contributed by atoms with Gasteiger partial charge in [0.15, 0.2) is 0 Å². The molecule has 2 amide bonds. The summed E-state index contributed by atoms with van der Waals surface area (Å²) < 4.78 is 5.00. The van der Waals surface area contributed by atoms with Gasteiger partial charge in [0, 0.05) is 57.1 Å². The van der Waals surface area contributed by atoms with Gasteiger partial charge in [-0.1, -0.05) is 0 Å². The average Bonchev–Trinajstić information content (AvgIpc) is 3.33. The number of carbonyl (C=O) groups excluding carboxylic acids is 2. The molecule has 4 rings (SSSR count). The number of likely N-dealkylation sites (tertiary alicyclic amines) is 1. The van der Waals surface area contributed by atoms with Gasteiger partial charge in [-0.05, 0) is 31.0 Å². The second kappa shape index (κ2) is 8.56. The molecule has 158 valence electrons. The molecule has 2 aromatic rings. The van der Waals surface area contributed by atoms with Crippen LogP contribution >= 0.6 is 0 Å². The Balaban J connectivity index is 1.32. The molecule has 0 radical (unpaired) electrons. The summed E-state index contributed by atoms with van der Waals surface area (Å²) >= 11 is 0. The maximum atomic E-state index is 13.0. The number of non-ortho nitro benzene ring substituents is 1. The van der Waals surface area contributed by atoms with E-state index >= 15 is 0 Å². The number of hydrogen-bond acceptors (Lipinski definition) is 6. The quantitative estimate of drug-likeness (QED) is 0.565. The normalized spacial score (nSPS) is 19.6. The molecule has 0 spiro atoms. The zero-order valence-electron chi connectivity index (χ0n) is 16.6. The minimum absolute atomic E-state index is 0.0689. The van der Waals surface area contributed by atoms with Gasteiger partial charge < -0.3 is 19.1 Å². The molecular weight excluding hydrogens is 388 g/mol. The van der Waals surface area contributed by atoms with Crippen molar-refractivity contribution < 1.29 is 18.9 Å². The highest BCUT2D eigenvalue weighted by Gasteiger charge is 2.33. The van der Waals surface area contributed by atoms with Crippen molar-refractivity contribution in [1.29, 1.82) is 0 Å². The molecule has 1 aromatic carbocycles. The molecule has 0 unspecified atom stereocenters. The van der Waals surface area contributed by atoms with E-state index in [1.54, 1.807) is 23.1 Å². The van der Waals surface area contributed by atoms with Gasteiger partial charge >= 0.3 is 0 Å². The highest BCUT2D eigenvalue weighted by molar-refractivity contribution is 5.94. The number of nitro groups is 1. The number of piperazine rings is 1. The largest absolute Gasteiger partial charge is 0.472 e. The molecule has 2 saturated heterocycles. The van der Waals surface area contributed by atoms with E-state index < -0.39 is 4.92 Å². The molecule has 2 aliphatic heterocycles. The molecule has 0 saturated carbocycles. The maximum absolute atomic E-state index is 13.0. The molecule has 0 N–H and O–H groups in total. The first-order valence-corrected chi connectivity index (χ1v) is 10.1. The molecule has 9 heteroatoms. The minimum Gasteiger partial charge on any atom is -0.472 e. The molecule has 30 heavy (non-hydrogen) atoms. The lowest BCUT2D eigenvalue weighted by Crippen LogP contribution is -2.53. The van der Waals surface area contributed by atoms with E-state index in [1.807, 2.05) is 4.90 Å². The molecule has 1 atom stereocenters. The van der Waals surface area contributed by atoms with E-state index in [0.717, 1.165) is 18.5 Å². The highest BCUT2D eigenvalue weighted by atomic mass is 16.6. The first kappa shape index (κ1) is 19.9. The third-order valence-electron chi connectivity index (χ3n) is 5.84. The van der Waals surface area contributed by atoms with Gasteiger partial charge in [-0.3, -0.25) is 19.7 Å². The van der Waals surface area contributed by atoms with E-state index in [4.69, 9.17) is 4.42 Å². The minimum atomic E-state index is -0.412. The molecule has 0 bridgehead atoms. The molecule has 3 heterocycles. The lowest BCUT2D eigenvalue weighted by atomic mass is 9.95. The third-order valence-corrected chi connectivity index (χ3v) is 5.84. The zero-order chi connectivity index (χ0) is 21.1. The van der Waals surface area contributed by atoms with Gasteiger partial charge in [-0.2, -0.15) is 0 Å². The summed E-state index contributed by atoms with van der Waals surface area (Å²) in [4.78, 5) is 41.7. The number of piperidine rings is 1. The van der Waals surface area contributed by atoms with Crippen LogP contribution in [0, 0.1) is 16.0 Å². The predicted octanol–water partition coefficient (Wildman–Crippen LogP) is 2.39. The van der Waals surface area contributed by atoms with Gasteiger partial charge in [0.1, 0.15) is 6.26 Å². The average molecular weight is 412 g/mol. The smallest absolute Gasteiger partial charge is 0.269 e. The van der Waals surface area contributed by atoms with E-state index in [-0.39, 0.29) is 23.4 Å².